The third kappa shape index (κ3) is 3.64. The molecule has 1 atom stereocenters. The third-order valence-electron chi connectivity index (χ3n) is 2.34. The van der Waals surface area contributed by atoms with Crippen molar-refractivity contribution in [2.45, 2.75) is 17.9 Å². The molecule has 0 aromatic heterocycles. The van der Waals surface area contributed by atoms with Gasteiger partial charge in [0, 0.05) is 23.5 Å². The van der Waals surface area contributed by atoms with Crippen molar-refractivity contribution < 1.29 is 9.53 Å². The molecule has 17 heavy (non-hydrogen) atoms. The van der Waals surface area contributed by atoms with E-state index in [1.165, 1.54) is 11.8 Å². The van der Waals surface area contributed by atoms with Gasteiger partial charge in [0.25, 0.3) is 0 Å². The second-order valence-corrected chi connectivity index (χ2v) is 4.64. The fourth-order valence-corrected chi connectivity index (χ4v) is 2.54. The quantitative estimate of drug-likeness (QED) is 0.783. The first kappa shape index (κ1) is 13.9. The summed E-state index contributed by atoms with van der Waals surface area (Å²) >= 11 is 1.47. The number of hydrogen-bond acceptors (Lipinski definition) is 4. The van der Waals surface area contributed by atoms with E-state index in [0.717, 1.165) is 16.2 Å². The molecule has 0 saturated carbocycles. The highest BCUT2D eigenvalue weighted by Crippen LogP contribution is 2.33. The standard InChI is InChI=1S/C12H18N2O2S/c1-8(13)12-9(16-3)5-4-6-10(12)17-7-11(15)14-2/h4-6,8H,7,13H2,1-3H3,(H,14,15)/t8-/m1/s1. The average Bonchev–Trinajstić information content (AvgIpc) is 2.34. The number of nitrogens with two attached hydrogens (primary N) is 1. The van der Waals surface area contributed by atoms with Gasteiger partial charge in [-0.15, -0.1) is 11.8 Å². The smallest absolute Gasteiger partial charge is 0.230 e. The molecule has 0 fully saturated rings. The summed E-state index contributed by atoms with van der Waals surface area (Å²) in [6, 6.07) is 5.60. The van der Waals surface area contributed by atoms with E-state index in [1.807, 2.05) is 25.1 Å². The molecule has 0 unspecified atom stereocenters. The molecule has 94 valence electrons. The molecule has 0 aliphatic rings. The molecule has 0 radical (unpaired) electrons. The number of hydrogen-bond donors (Lipinski definition) is 2. The molecule has 5 heteroatoms. The van der Waals surface area contributed by atoms with Crippen molar-refractivity contribution in [2.75, 3.05) is 19.9 Å². The monoisotopic (exact) mass is 254 g/mol. The Hall–Kier alpha value is -1.20. The van der Waals surface area contributed by atoms with Gasteiger partial charge in [0.15, 0.2) is 0 Å². The van der Waals surface area contributed by atoms with E-state index in [2.05, 4.69) is 5.32 Å². The molecule has 1 aromatic rings. The van der Waals surface area contributed by atoms with Crippen LogP contribution in [0.4, 0.5) is 0 Å². The Kier molecular flexibility index (Phi) is 5.31. The van der Waals surface area contributed by atoms with Crippen molar-refractivity contribution in [3.63, 3.8) is 0 Å². The molecule has 1 aromatic carbocycles. The van der Waals surface area contributed by atoms with Crippen LogP contribution in [0.1, 0.15) is 18.5 Å². The minimum atomic E-state index is -0.127. The van der Waals surface area contributed by atoms with Crippen molar-refractivity contribution in [3.8, 4) is 5.75 Å². The van der Waals surface area contributed by atoms with E-state index < -0.39 is 0 Å². The zero-order valence-electron chi connectivity index (χ0n) is 10.3. The lowest BCUT2D eigenvalue weighted by atomic mass is 10.1. The highest BCUT2D eigenvalue weighted by atomic mass is 32.2. The minimum Gasteiger partial charge on any atom is -0.496 e. The lowest BCUT2D eigenvalue weighted by molar-refractivity contribution is -0.118. The number of thioether (sulfide) groups is 1. The zero-order chi connectivity index (χ0) is 12.8. The summed E-state index contributed by atoms with van der Waals surface area (Å²) in [6.45, 7) is 1.90. The maximum absolute atomic E-state index is 11.2. The van der Waals surface area contributed by atoms with Gasteiger partial charge < -0.3 is 15.8 Å². The van der Waals surface area contributed by atoms with Gasteiger partial charge in [-0.1, -0.05) is 6.07 Å². The van der Waals surface area contributed by atoms with Crippen molar-refractivity contribution in [1.29, 1.82) is 0 Å². The molecule has 0 spiro atoms. The first-order valence-electron chi connectivity index (χ1n) is 5.36. The Balaban J connectivity index is 2.94. The lowest BCUT2D eigenvalue weighted by Gasteiger charge is -2.16. The Morgan fingerprint density at radius 1 is 1.59 bits per heavy atom. The van der Waals surface area contributed by atoms with E-state index in [1.54, 1.807) is 14.2 Å². The highest BCUT2D eigenvalue weighted by Gasteiger charge is 2.14. The normalized spacial score (nSPS) is 12.0. The molecule has 0 saturated heterocycles. The van der Waals surface area contributed by atoms with Crippen LogP contribution in [0.3, 0.4) is 0 Å². The number of carbonyl (C=O) groups is 1. The summed E-state index contributed by atoms with van der Waals surface area (Å²) in [6.07, 6.45) is 0. The summed E-state index contributed by atoms with van der Waals surface area (Å²) < 4.78 is 5.29. The van der Waals surface area contributed by atoms with E-state index in [4.69, 9.17) is 10.5 Å². The number of amides is 1. The average molecular weight is 254 g/mol. The summed E-state index contributed by atoms with van der Waals surface area (Å²) in [4.78, 5) is 12.2. The van der Waals surface area contributed by atoms with Crippen LogP contribution in [0.15, 0.2) is 23.1 Å². The second-order valence-electron chi connectivity index (χ2n) is 3.62. The van der Waals surface area contributed by atoms with Gasteiger partial charge in [0.2, 0.25) is 5.91 Å². The second kappa shape index (κ2) is 6.51. The number of methoxy groups -OCH3 is 1. The number of benzene rings is 1. The van der Waals surface area contributed by atoms with Gasteiger partial charge >= 0.3 is 0 Å². The zero-order valence-corrected chi connectivity index (χ0v) is 11.1. The molecule has 3 N–H and O–H groups in total. The topological polar surface area (TPSA) is 64.3 Å². The number of carbonyl (C=O) groups excluding carboxylic acids is 1. The largest absolute Gasteiger partial charge is 0.496 e. The van der Waals surface area contributed by atoms with Crippen LogP contribution in [0, 0.1) is 0 Å². The van der Waals surface area contributed by atoms with Gasteiger partial charge in [-0.25, -0.2) is 0 Å². The van der Waals surface area contributed by atoms with E-state index in [9.17, 15) is 4.79 Å². The first-order chi connectivity index (χ1) is 8.10. The molecule has 1 rings (SSSR count). The summed E-state index contributed by atoms with van der Waals surface area (Å²) in [5.41, 5.74) is 6.88. The van der Waals surface area contributed by atoms with Crippen LogP contribution in [0.25, 0.3) is 0 Å². The van der Waals surface area contributed by atoms with Gasteiger partial charge in [-0.3, -0.25) is 4.79 Å². The molecular weight excluding hydrogens is 236 g/mol. The maximum Gasteiger partial charge on any atom is 0.230 e. The fourth-order valence-electron chi connectivity index (χ4n) is 1.49. The Morgan fingerprint density at radius 3 is 2.82 bits per heavy atom. The molecular formula is C12H18N2O2S. The highest BCUT2D eigenvalue weighted by molar-refractivity contribution is 8.00. The lowest BCUT2D eigenvalue weighted by Crippen LogP contribution is -2.20. The summed E-state index contributed by atoms with van der Waals surface area (Å²) in [5.74, 6) is 1.14. The fraction of sp³-hybridized carbons (Fsp3) is 0.417. The maximum atomic E-state index is 11.2. The van der Waals surface area contributed by atoms with Crippen LogP contribution in [-0.2, 0) is 4.79 Å². The number of rotatable bonds is 5. The van der Waals surface area contributed by atoms with Crippen molar-refractivity contribution >= 4 is 17.7 Å². The van der Waals surface area contributed by atoms with Crippen molar-refractivity contribution in [3.05, 3.63) is 23.8 Å². The molecule has 0 aliphatic carbocycles. The Bertz CT molecular complexity index is 394. The van der Waals surface area contributed by atoms with Crippen LogP contribution in [-0.4, -0.2) is 25.8 Å². The Labute approximate surface area is 106 Å². The predicted octanol–water partition coefficient (Wildman–Crippen LogP) is 1.55. The molecule has 0 aliphatic heterocycles. The SMILES string of the molecule is CNC(=O)CSc1cccc(OC)c1[C@@H](C)N. The molecule has 0 bridgehead atoms. The number of ether oxygens (including phenoxy) is 1. The van der Waals surface area contributed by atoms with Crippen LogP contribution in [0.2, 0.25) is 0 Å². The predicted molar refractivity (Wildman–Crippen MR) is 70.4 cm³/mol. The first-order valence-corrected chi connectivity index (χ1v) is 6.34. The molecule has 1 amide bonds. The minimum absolute atomic E-state index is 0.00607. The van der Waals surface area contributed by atoms with Crippen molar-refractivity contribution in [2.24, 2.45) is 5.73 Å². The summed E-state index contributed by atoms with van der Waals surface area (Å²) in [7, 11) is 3.25. The number of nitrogens with one attached hydrogen (secondary N) is 1. The van der Waals surface area contributed by atoms with Crippen LogP contribution >= 0.6 is 11.8 Å². The molecule has 4 nitrogen and oxygen atoms in total. The van der Waals surface area contributed by atoms with Gasteiger partial charge in [-0.05, 0) is 19.1 Å². The summed E-state index contributed by atoms with van der Waals surface area (Å²) in [5, 5.41) is 2.59. The van der Waals surface area contributed by atoms with E-state index >= 15 is 0 Å². The van der Waals surface area contributed by atoms with Crippen LogP contribution < -0.4 is 15.8 Å². The molecule has 0 heterocycles. The van der Waals surface area contributed by atoms with Gasteiger partial charge in [0.1, 0.15) is 5.75 Å². The third-order valence-corrected chi connectivity index (χ3v) is 3.41. The van der Waals surface area contributed by atoms with Crippen LogP contribution in [0.5, 0.6) is 5.75 Å². The van der Waals surface area contributed by atoms with Gasteiger partial charge in [0.05, 0.1) is 12.9 Å². The Morgan fingerprint density at radius 2 is 2.29 bits per heavy atom. The van der Waals surface area contributed by atoms with Crippen molar-refractivity contribution in [1.82, 2.24) is 5.32 Å². The van der Waals surface area contributed by atoms with E-state index in [-0.39, 0.29) is 11.9 Å². The van der Waals surface area contributed by atoms with Gasteiger partial charge in [-0.2, -0.15) is 0 Å². The van der Waals surface area contributed by atoms with E-state index in [0.29, 0.717) is 5.75 Å².